The lowest BCUT2D eigenvalue weighted by Gasteiger charge is -2.08. The Labute approximate surface area is 107 Å². The Morgan fingerprint density at radius 3 is 2.61 bits per heavy atom. The van der Waals surface area contributed by atoms with Crippen LogP contribution in [0.5, 0.6) is 5.75 Å². The molecule has 1 rings (SSSR count). The molecule has 98 valence electrons. The van der Waals surface area contributed by atoms with Crippen LogP contribution in [0.4, 0.5) is 0 Å². The molecule has 0 saturated carbocycles. The zero-order valence-corrected chi connectivity index (χ0v) is 10.6. The fraction of sp³-hybridized carbons (Fsp3) is 0.357. The topological polar surface area (TPSA) is 66.8 Å². The van der Waals surface area contributed by atoms with Gasteiger partial charge < -0.3 is 14.9 Å². The summed E-state index contributed by atoms with van der Waals surface area (Å²) in [6.07, 6.45) is 1.68. The van der Waals surface area contributed by atoms with Crippen LogP contribution in [0.2, 0.25) is 0 Å². The summed E-state index contributed by atoms with van der Waals surface area (Å²) >= 11 is 0. The van der Waals surface area contributed by atoms with Gasteiger partial charge in [-0.3, -0.25) is 0 Å². The van der Waals surface area contributed by atoms with Gasteiger partial charge in [0.05, 0.1) is 0 Å². The molecule has 0 atom stereocenters. The number of aromatic hydroxyl groups is 1. The highest BCUT2D eigenvalue weighted by Crippen LogP contribution is 2.17. The van der Waals surface area contributed by atoms with Crippen molar-refractivity contribution in [3.63, 3.8) is 0 Å². The average Bonchev–Trinajstić information content (AvgIpc) is 2.36. The first-order chi connectivity index (χ1) is 8.56. The Hall–Kier alpha value is -1.97. The van der Waals surface area contributed by atoms with Crippen molar-refractivity contribution < 1.29 is 19.7 Å². The van der Waals surface area contributed by atoms with Crippen LogP contribution in [0.25, 0.3) is 0 Å². The minimum atomic E-state index is -0.649. The summed E-state index contributed by atoms with van der Waals surface area (Å²) in [4.78, 5) is 11.6. The molecular weight excluding hydrogens is 232 g/mol. The van der Waals surface area contributed by atoms with Crippen LogP contribution in [-0.4, -0.2) is 22.8 Å². The van der Waals surface area contributed by atoms with E-state index in [9.17, 15) is 15.0 Å². The molecule has 0 aliphatic heterocycles. The van der Waals surface area contributed by atoms with E-state index in [1.807, 2.05) is 6.92 Å². The lowest BCUT2D eigenvalue weighted by molar-refractivity contribution is 0.0495. The number of rotatable bonds is 5. The van der Waals surface area contributed by atoms with Crippen molar-refractivity contribution in [3.8, 4) is 5.75 Å². The molecule has 0 fully saturated rings. The van der Waals surface area contributed by atoms with E-state index in [4.69, 9.17) is 4.74 Å². The van der Waals surface area contributed by atoms with Crippen LogP contribution in [0, 0.1) is 0 Å². The zero-order chi connectivity index (χ0) is 13.5. The van der Waals surface area contributed by atoms with Crippen molar-refractivity contribution in [2.45, 2.75) is 26.7 Å². The standard InChI is InChI=1S/C14H18O4/c1-3-6-10(2)13(16)9-18-14(17)11-7-4-5-8-12(11)15/h4-5,7-8,15-16H,3,6,9H2,1-2H3. The Bertz CT molecular complexity index is 449. The number of phenolic OH excluding ortho intramolecular Hbond substituents is 1. The summed E-state index contributed by atoms with van der Waals surface area (Å²) in [6.45, 7) is 3.64. The molecule has 0 heterocycles. The fourth-order valence-corrected chi connectivity index (χ4v) is 1.50. The summed E-state index contributed by atoms with van der Waals surface area (Å²) in [7, 11) is 0. The molecule has 4 heteroatoms. The summed E-state index contributed by atoms with van der Waals surface area (Å²) < 4.78 is 4.93. The van der Waals surface area contributed by atoms with Crippen LogP contribution in [0.1, 0.15) is 37.0 Å². The van der Waals surface area contributed by atoms with Crippen molar-refractivity contribution >= 4 is 5.97 Å². The summed E-state index contributed by atoms with van der Waals surface area (Å²) in [5.41, 5.74) is 0.904. The van der Waals surface area contributed by atoms with Gasteiger partial charge in [0.25, 0.3) is 0 Å². The second kappa shape index (κ2) is 6.69. The maximum Gasteiger partial charge on any atom is 0.342 e. The number of esters is 1. The lowest BCUT2D eigenvalue weighted by Crippen LogP contribution is -2.09. The van der Waals surface area contributed by atoms with Crippen molar-refractivity contribution in [2.24, 2.45) is 0 Å². The fourth-order valence-electron chi connectivity index (χ4n) is 1.50. The molecule has 0 amide bonds. The van der Waals surface area contributed by atoms with Gasteiger partial charge in [0.1, 0.15) is 23.7 Å². The molecule has 0 aliphatic carbocycles. The van der Waals surface area contributed by atoms with Crippen LogP contribution in [-0.2, 0) is 4.74 Å². The third-order valence-electron chi connectivity index (χ3n) is 2.58. The molecule has 0 spiro atoms. The molecule has 18 heavy (non-hydrogen) atoms. The molecule has 0 saturated heterocycles. The second-order valence-electron chi connectivity index (χ2n) is 4.07. The van der Waals surface area contributed by atoms with E-state index in [-0.39, 0.29) is 23.7 Å². The predicted molar refractivity (Wildman–Crippen MR) is 68.6 cm³/mol. The second-order valence-corrected chi connectivity index (χ2v) is 4.07. The molecule has 4 nitrogen and oxygen atoms in total. The van der Waals surface area contributed by atoms with Crippen molar-refractivity contribution in [1.82, 2.24) is 0 Å². The number of allylic oxidation sites excluding steroid dienone is 1. The largest absolute Gasteiger partial charge is 0.509 e. The Kier molecular flexibility index (Phi) is 5.24. The van der Waals surface area contributed by atoms with E-state index in [2.05, 4.69) is 0 Å². The van der Waals surface area contributed by atoms with Crippen molar-refractivity contribution in [2.75, 3.05) is 6.61 Å². The molecule has 1 aromatic rings. The normalized spacial score (nSPS) is 11.9. The lowest BCUT2D eigenvalue weighted by atomic mass is 10.1. The van der Waals surface area contributed by atoms with Gasteiger partial charge in [0.15, 0.2) is 0 Å². The van der Waals surface area contributed by atoms with Crippen LogP contribution in [0.3, 0.4) is 0 Å². The monoisotopic (exact) mass is 250 g/mol. The number of para-hydroxylation sites is 1. The molecule has 1 aromatic carbocycles. The highest BCUT2D eigenvalue weighted by Gasteiger charge is 2.12. The van der Waals surface area contributed by atoms with Crippen molar-refractivity contribution in [3.05, 3.63) is 41.2 Å². The molecule has 2 N–H and O–H groups in total. The zero-order valence-electron chi connectivity index (χ0n) is 10.6. The van der Waals surface area contributed by atoms with Gasteiger partial charge in [-0.05, 0) is 31.1 Å². The Balaban J connectivity index is 2.62. The average molecular weight is 250 g/mol. The van der Waals surface area contributed by atoms with Gasteiger partial charge in [-0.1, -0.05) is 25.5 Å². The predicted octanol–water partition coefficient (Wildman–Crippen LogP) is 3.18. The number of aliphatic hydroxyl groups is 1. The highest BCUT2D eigenvalue weighted by atomic mass is 16.5. The first-order valence-electron chi connectivity index (χ1n) is 5.89. The number of benzene rings is 1. The van der Waals surface area contributed by atoms with E-state index in [0.717, 1.165) is 18.4 Å². The molecule has 0 aromatic heterocycles. The van der Waals surface area contributed by atoms with Crippen molar-refractivity contribution in [1.29, 1.82) is 0 Å². The molecular formula is C14H18O4. The number of phenols is 1. The quantitative estimate of drug-likeness (QED) is 0.622. The summed E-state index contributed by atoms with van der Waals surface area (Å²) in [5, 5.41) is 19.1. The SMILES string of the molecule is CCCC(C)=C(O)COC(=O)c1ccccc1O. The van der Waals surface area contributed by atoms with Crippen LogP contribution in [0.15, 0.2) is 35.6 Å². The summed E-state index contributed by atoms with van der Waals surface area (Å²) in [6, 6.07) is 6.13. The third-order valence-corrected chi connectivity index (χ3v) is 2.58. The first-order valence-corrected chi connectivity index (χ1v) is 5.89. The van der Waals surface area contributed by atoms with Gasteiger partial charge in [-0.25, -0.2) is 4.79 Å². The maximum absolute atomic E-state index is 11.6. The molecule has 0 unspecified atom stereocenters. The molecule has 0 bridgehead atoms. The van der Waals surface area contributed by atoms with Gasteiger partial charge in [0, 0.05) is 0 Å². The van der Waals surface area contributed by atoms with E-state index in [1.54, 1.807) is 19.1 Å². The maximum atomic E-state index is 11.6. The highest BCUT2D eigenvalue weighted by molar-refractivity contribution is 5.92. The number of carbonyl (C=O) groups excluding carboxylic acids is 1. The number of hydrogen-bond donors (Lipinski definition) is 2. The number of aliphatic hydroxyl groups excluding tert-OH is 1. The number of carbonyl (C=O) groups is 1. The van der Waals surface area contributed by atoms with Gasteiger partial charge >= 0.3 is 5.97 Å². The third kappa shape index (κ3) is 3.80. The van der Waals surface area contributed by atoms with Gasteiger partial charge in [0.2, 0.25) is 0 Å². The van der Waals surface area contributed by atoms with E-state index in [1.165, 1.54) is 12.1 Å². The minimum Gasteiger partial charge on any atom is -0.509 e. The van der Waals surface area contributed by atoms with Crippen LogP contribution < -0.4 is 0 Å². The molecule has 0 aliphatic rings. The minimum absolute atomic E-state index is 0.0700. The summed E-state index contributed by atoms with van der Waals surface area (Å²) in [5.74, 6) is -0.708. The first kappa shape index (κ1) is 14.1. The van der Waals surface area contributed by atoms with Gasteiger partial charge in [-0.15, -0.1) is 0 Å². The van der Waals surface area contributed by atoms with Gasteiger partial charge in [-0.2, -0.15) is 0 Å². The van der Waals surface area contributed by atoms with Crippen LogP contribution >= 0.6 is 0 Å². The van der Waals surface area contributed by atoms with E-state index < -0.39 is 5.97 Å². The smallest absolute Gasteiger partial charge is 0.342 e. The Morgan fingerprint density at radius 2 is 2.00 bits per heavy atom. The molecule has 0 radical (unpaired) electrons. The number of hydrogen-bond acceptors (Lipinski definition) is 4. The Morgan fingerprint density at radius 1 is 1.33 bits per heavy atom. The number of ether oxygens (including phenoxy) is 1. The van der Waals surface area contributed by atoms with E-state index >= 15 is 0 Å². The van der Waals surface area contributed by atoms with E-state index in [0.29, 0.717) is 0 Å².